The Morgan fingerprint density at radius 3 is 2.67 bits per heavy atom. The summed E-state index contributed by atoms with van der Waals surface area (Å²) in [5, 5.41) is 10.5. The highest BCUT2D eigenvalue weighted by Gasteiger charge is 2.36. The van der Waals surface area contributed by atoms with Crippen molar-refractivity contribution in [2.45, 2.75) is 20.8 Å². The van der Waals surface area contributed by atoms with Gasteiger partial charge in [0.1, 0.15) is 6.54 Å². The van der Waals surface area contributed by atoms with Crippen molar-refractivity contribution in [1.82, 2.24) is 9.47 Å². The van der Waals surface area contributed by atoms with Crippen LogP contribution in [0.1, 0.15) is 23.9 Å². The Kier molecular flexibility index (Phi) is 6.06. The van der Waals surface area contributed by atoms with E-state index < -0.39 is 28.6 Å². The summed E-state index contributed by atoms with van der Waals surface area (Å²) >= 11 is 0.755. The van der Waals surface area contributed by atoms with Crippen LogP contribution in [0.4, 0.5) is 10.5 Å². The molecule has 0 aliphatic carbocycles. The highest BCUT2D eigenvalue weighted by molar-refractivity contribution is 8.18. The highest BCUT2D eigenvalue weighted by Crippen LogP contribution is 2.34. The van der Waals surface area contributed by atoms with E-state index in [1.54, 1.807) is 25.1 Å². The molecule has 10 heteroatoms. The zero-order chi connectivity index (χ0) is 22.0. The molecule has 1 aromatic carbocycles. The van der Waals surface area contributed by atoms with Gasteiger partial charge in [0.05, 0.1) is 22.1 Å². The molecule has 3 rings (SSSR count). The van der Waals surface area contributed by atoms with Crippen LogP contribution in [0.15, 0.2) is 35.2 Å². The maximum absolute atomic E-state index is 12.6. The summed E-state index contributed by atoms with van der Waals surface area (Å²) in [4.78, 5) is 48.1. The van der Waals surface area contributed by atoms with Crippen LogP contribution in [0, 0.1) is 24.0 Å². The monoisotopic (exact) mass is 429 g/mol. The SMILES string of the molecule is CCOC(=O)CN1C(=O)S/C(=C/c2cc(C)n(-c3cccc([N+](=O)[O-])c3)c2C)C1=O. The minimum Gasteiger partial charge on any atom is -0.465 e. The summed E-state index contributed by atoms with van der Waals surface area (Å²) < 4.78 is 6.64. The number of rotatable bonds is 6. The first-order chi connectivity index (χ1) is 14.2. The van der Waals surface area contributed by atoms with Gasteiger partial charge in [-0.2, -0.15) is 0 Å². The molecule has 1 aromatic heterocycles. The third-order valence-electron chi connectivity index (χ3n) is 4.52. The van der Waals surface area contributed by atoms with Crippen LogP contribution in [-0.2, 0) is 14.3 Å². The fraction of sp³-hybridized carbons (Fsp3) is 0.250. The summed E-state index contributed by atoms with van der Waals surface area (Å²) in [5.41, 5.74) is 2.85. The number of nitro groups is 1. The third kappa shape index (κ3) is 4.13. The van der Waals surface area contributed by atoms with Gasteiger partial charge in [-0.25, -0.2) is 0 Å². The Labute approximate surface area is 176 Å². The number of carbonyl (C=O) groups excluding carboxylic acids is 3. The molecule has 1 aliphatic heterocycles. The Morgan fingerprint density at radius 1 is 1.27 bits per heavy atom. The predicted molar refractivity (Wildman–Crippen MR) is 111 cm³/mol. The minimum absolute atomic E-state index is 0.0263. The molecule has 0 atom stereocenters. The second kappa shape index (κ2) is 8.54. The summed E-state index contributed by atoms with van der Waals surface area (Å²) in [5.74, 6) is -1.21. The molecule has 9 nitrogen and oxygen atoms in total. The number of benzene rings is 1. The maximum atomic E-state index is 12.6. The van der Waals surface area contributed by atoms with Crippen molar-refractivity contribution in [3.63, 3.8) is 0 Å². The number of aryl methyl sites for hydroxylation is 1. The highest BCUT2D eigenvalue weighted by atomic mass is 32.2. The first-order valence-corrected chi connectivity index (χ1v) is 9.89. The standard InChI is InChI=1S/C20H19N3O6S/c1-4-29-18(24)11-21-19(25)17(30-20(21)26)9-14-8-12(2)22(13(14)3)15-6-5-7-16(10-15)23(27)28/h5-10H,4,11H2,1-3H3/b17-9+. The summed E-state index contributed by atoms with van der Waals surface area (Å²) in [6.45, 7) is 5.04. The lowest BCUT2D eigenvalue weighted by Crippen LogP contribution is -2.34. The number of non-ortho nitro benzene ring substituents is 1. The number of esters is 1. The second-order valence-corrected chi connectivity index (χ2v) is 7.50. The predicted octanol–water partition coefficient (Wildman–Crippen LogP) is 3.60. The Hall–Kier alpha value is -3.40. The van der Waals surface area contributed by atoms with E-state index >= 15 is 0 Å². The summed E-state index contributed by atoms with van der Waals surface area (Å²) in [6, 6.07) is 8.07. The Morgan fingerprint density at radius 2 is 2.00 bits per heavy atom. The molecule has 0 bridgehead atoms. The number of carbonyl (C=O) groups is 3. The number of amides is 2. The molecule has 0 radical (unpaired) electrons. The van der Waals surface area contributed by atoms with Crippen molar-refractivity contribution >= 4 is 40.6 Å². The van der Waals surface area contributed by atoms with Crippen LogP contribution in [0.25, 0.3) is 11.8 Å². The largest absolute Gasteiger partial charge is 0.465 e. The molecule has 1 aliphatic rings. The number of hydrogen-bond acceptors (Lipinski definition) is 7. The summed E-state index contributed by atoms with van der Waals surface area (Å²) in [6.07, 6.45) is 1.59. The molecule has 2 aromatic rings. The van der Waals surface area contributed by atoms with Crippen molar-refractivity contribution in [2.75, 3.05) is 13.2 Å². The van der Waals surface area contributed by atoms with Crippen LogP contribution >= 0.6 is 11.8 Å². The fourth-order valence-corrected chi connectivity index (χ4v) is 4.02. The average Bonchev–Trinajstić information content (AvgIpc) is 3.12. The van der Waals surface area contributed by atoms with Crippen LogP contribution in [0.3, 0.4) is 0 Å². The Balaban J connectivity index is 1.92. The van der Waals surface area contributed by atoms with Crippen LogP contribution in [0.2, 0.25) is 0 Å². The van der Waals surface area contributed by atoms with Crippen molar-refractivity contribution in [2.24, 2.45) is 0 Å². The van der Waals surface area contributed by atoms with Gasteiger partial charge in [0.25, 0.3) is 16.8 Å². The molecule has 2 amide bonds. The van der Waals surface area contributed by atoms with E-state index in [-0.39, 0.29) is 17.2 Å². The van der Waals surface area contributed by atoms with E-state index in [1.807, 2.05) is 24.5 Å². The quantitative estimate of drug-likeness (QED) is 0.298. The number of nitrogens with zero attached hydrogens (tertiary/aromatic N) is 3. The number of imide groups is 1. The van der Waals surface area contributed by atoms with Crippen LogP contribution in [-0.4, -0.2) is 44.7 Å². The molecule has 0 saturated carbocycles. The van der Waals surface area contributed by atoms with Gasteiger partial charge in [-0.1, -0.05) is 6.07 Å². The molecule has 30 heavy (non-hydrogen) atoms. The molecule has 1 fully saturated rings. The summed E-state index contributed by atoms with van der Waals surface area (Å²) in [7, 11) is 0. The van der Waals surface area contributed by atoms with Gasteiger partial charge in [-0.3, -0.25) is 29.4 Å². The minimum atomic E-state index is -0.648. The zero-order valence-corrected chi connectivity index (χ0v) is 17.4. The number of ether oxygens (including phenoxy) is 1. The van der Waals surface area contributed by atoms with Crippen molar-refractivity contribution in [3.05, 3.63) is 62.3 Å². The van der Waals surface area contributed by atoms with E-state index in [0.29, 0.717) is 11.3 Å². The van der Waals surface area contributed by atoms with Crippen molar-refractivity contribution in [3.8, 4) is 5.69 Å². The van der Waals surface area contributed by atoms with Crippen molar-refractivity contribution < 1.29 is 24.0 Å². The van der Waals surface area contributed by atoms with Gasteiger partial charge in [0, 0.05) is 23.5 Å². The lowest BCUT2D eigenvalue weighted by atomic mass is 10.2. The average molecular weight is 429 g/mol. The van der Waals surface area contributed by atoms with Gasteiger partial charge in [-0.15, -0.1) is 0 Å². The molecule has 2 heterocycles. The van der Waals surface area contributed by atoms with E-state index in [2.05, 4.69) is 0 Å². The first-order valence-electron chi connectivity index (χ1n) is 9.07. The van der Waals surface area contributed by atoms with Gasteiger partial charge >= 0.3 is 5.97 Å². The normalized spacial score (nSPS) is 15.2. The molecular formula is C20H19N3O6S. The van der Waals surface area contributed by atoms with Gasteiger partial charge in [0.15, 0.2) is 0 Å². The number of hydrogen-bond donors (Lipinski definition) is 0. The molecule has 0 spiro atoms. The number of nitro benzene ring substituents is 1. The lowest BCUT2D eigenvalue weighted by Gasteiger charge is -2.10. The van der Waals surface area contributed by atoms with Crippen LogP contribution in [0.5, 0.6) is 0 Å². The third-order valence-corrected chi connectivity index (χ3v) is 5.43. The van der Waals surface area contributed by atoms with E-state index in [0.717, 1.165) is 28.0 Å². The van der Waals surface area contributed by atoms with E-state index in [9.17, 15) is 24.5 Å². The maximum Gasteiger partial charge on any atom is 0.326 e. The topological polar surface area (TPSA) is 112 Å². The number of aromatic nitrogens is 1. The first kappa shape index (κ1) is 21.3. The lowest BCUT2D eigenvalue weighted by molar-refractivity contribution is -0.384. The molecule has 1 saturated heterocycles. The smallest absolute Gasteiger partial charge is 0.326 e. The van der Waals surface area contributed by atoms with Gasteiger partial charge < -0.3 is 9.30 Å². The molecular weight excluding hydrogens is 410 g/mol. The number of thioether (sulfide) groups is 1. The fourth-order valence-electron chi connectivity index (χ4n) is 3.19. The van der Waals surface area contributed by atoms with E-state index in [4.69, 9.17) is 4.74 Å². The Bertz CT molecular complexity index is 1090. The van der Waals surface area contributed by atoms with E-state index in [1.165, 1.54) is 12.1 Å². The van der Waals surface area contributed by atoms with Gasteiger partial charge in [0.2, 0.25) is 0 Å². The van der Waals surface area contributed by atoms with Crippen LogP contribution < -0.4 is 0 Å². The molecule has 0 N–H and O–H groups in total. The molecule has 0 unspecified atom stereocenters. The van der Waals surface area contributed by atoms with Gasteiger partial charge in [-0.05, 0) is 56.3 Å². The molecule has 156 valence electrons. The van der Waals surface area contributed by atoms with Crippen molar-refractivity contribution in [1.29, 1.82) is 0 Å². The zero-order valence-electron chi connectivity index (χ0n) is 16.6. The second-order valence-electron chi connectivity index (χ2n) is 6.51.